The second kappa shape index (κ2) is 6.83. The first-order chi connectivity index (χ1) is 12.3. The van der Waals surface area contributed by atoms with Gasteiger partial charge in [-0.3, -0.25) is 4.79 Å². The molecule has 3 rings (SSSR count). The smallest absolute Gasteiger partial charge is 0.334 e. The van der Waals surface area contributed by atoms with E-state index in [0.29, 0.717) is 18.4 Å². The van der Waals surface area contributed by atoms with E-state index in [0.717, 1.165) is 5.57 Å². The highest BCUT2D eigenvalue weighted by molar-refractivity contribution is 5.92. The highest BCUT2D eigenvalue weighted by Crippen LogP contribution is 2.52. The summed E-state index contributed by atoms with van der Waals surface area (Å²) in [6.45, 7) is 11.1. The number of hydrogen-bond donors (Lipinski definition) is 1. The largest absolute Gasteiger partial charge is 0.458 e. The van der Waals surface area contributed by atoms with Crippen molar-refractivity contribution in [3.63, 3.8) is 0 Å². The molecule has 0 bridgehead atoms. The standard InChI is InChI=1S/C20H24O6/c1-9(5-6-21)19(23)25-15-7-10(2)13-8-14(22)11(3)16(13)18-17(15)12(4)20(24)26-18/h5,11,13,15-18,21H,2,4,6-8H2,1,3H3/b9-5+/t11-,13+,15-,16+,17-,18-/m1/s1. The lowest BCUT2D eigenvalue weighted by Gasteiger charge is -2.29. The highest BCUT2D eigenvalue weighted by atomic mass is 16.6. The number of ketones is 1. The number of aliphatic hydroxyl groups is 1. The van der Waals surface area contributed by atoms with Crippen LogP contribution in [0.2, 0.25) is 0 Å². The van der Waals surface area contributed by atoms with E-state index in [1.54, 1.807) is 6.92 Å². The minimum absolute atomic E-state index is 0.0820. The first kappa shape index (κ1) is 18.6. The molecular formula is C20H24O6. The van der Waals surface area contributed by atoms with E-state index < -0.39 is 30.1 Å². The molecule has 0 aromatic carbocycles. The van der Waals surface area contributed by atoms with Crippen LogP contribution in [0.15, 0.2) is 36.0 Å². The summed E-state index contributed by atoms with van der Waals surface area (Å²) in [5.74, 6) is -1.89. The van der Waals surface area contributed by atoms with E-state index in [-0.39, 0.29) is 35.7 Å². The number of carbonyl (C=O) groups is 3. The van der Waals surface area contributed by atoms with Gasteiger partial charge in [-0.25, -0.2) is 9.59 Å². The maximum absolute atomic E-state index is 12.3. The van der Waals surface area contributed by atoms with E-state index in [2.05, 4.69) is 13.2 Å². The van der Waals surface area contributed by atoms with Gasteiger partial charge in [0.1, 0.15) is 18.0 Å². The molecule has 0 aromatic heterocycles. The lowest BCUT2D eigenvalue weighted by molar-refractivity contribution is -0.149. The van der Waals surface area contributed by atoms with Gasteiger partial charge in [0.05, 0.1) is 12.5 Å². The van der Waals surface area contributed by atoms with E-state index in [1.165, 1.54) is 6.08 Å². The minimum atomic E-state index is -0.631. The first-order valence-electron chi connectivity index (χ1n) is 8.85. The Bertz CT molecular complexity index is 718. The van der Waals surface area contributed by atoms with E-state index in [1.807, 2.05) is 6.92 Å². The average molecular weight is 360 g/mol. The molecule has 0 radical (unpaired) electrons. The fourth-order valence-electron chi connectivity index (χ4n) is 4.50. The molecule has 3 fully saturated rings. The zero-order valence-electron chi connectivity index (χ0n) is 15.1. The molecule has 2 aliphatic carbocycles. The van der Waals surface area contributed by atoms with Gasteiger partial charge in [0.25, 0.3) is 0 Å². The number of rotatable bonds is 3. The zero-order chi connectivity index (χ0) is 19.2. The Kier molecular flexibility index (Phi) is 4.88. The second-order valence-corrected chi connectivity index (χ2v) is 7.44. The molecule has 1 aliphatic heterocycles. The Morgan fingerprint density at radius 1 is 1.35 bits per heavy atom. The summed E-state index contributed by atoms with van der Waals surface area (Å²) in [4.78, 5) is 36.7. The van der Waals surface area contributed by atoms with Gasteiger partial charge in [0, 0.05) is 35.8 Å². The molecule has 0 spiro atoms. The minimum Gasteiger partial charge on any atom is -0.458 e. The van der Waals surface area contributed by atoms with Gasteiger partial charge in [0.2, 0.25) is 0 Å². The van der Waals surface area contributed by atoms with Crippen molar-refractivity contribution >= 4 is 17.7 Å². The maximum atomic E-state index is 12.3. The normalized spacial score (nSPS) is 37.1. The second-order valence-electron chi connectivity index (χ2n) is 7.44. The highest BCUT2D eigenvalue weighted by Gasteiger charge is 2.57. The number of ether oxygens (including phenoxy) is 2. The van der Waals surface area contributed by atoms with Crippen LogP contribution in [-0.2, 0) is 23.9 Å². The summed E-state index contributed by atoms with van der Waals surface area (Å²) in [5.41, 5.74) is 1.41. The monoisotopic (exact) mass is 360 g/mol. The van der Waals surface area contributed by atoms with Crippen LogP contribution in [0.4, 0.5) is 0 Å². The van der Waals surface area contributed by atoms with Crippen molar-refractivity contribution < 1.29 is 29.0 Å². The topological polar surface area (TPSA) is 89.9 Å². The summed E-state index contributed by atoms with van der Waals surface area (Å²) in [7, 11) is 0. The van der Waals surface area contributed by atoms with Crippen LogP contribution in [0.5, 0.6) is 0 Å². The van der Waals surface area contributed by atoms with Crippen molar-refractivity contribution in [3.05, 3.63) is 36.0 Å². The van der Waals surface area contributed by atoms with Gasteiger partial charge in [-0.15, -0.1) is 0 Å². The van der Waals surface area contributed by atoms with Gasteiger partial charge in [0.15, 0.2) is 0 Å². The van der Waals surface area contributed by atoms with E-state index in [9.17, 15) is 14.4 Å². The summed E-state index contributed by atoms with van der Waals surface area (Å²) in [6, 6.07) is 0. The molecule has 0 unspecified atom stereocenters. The molecule has 140 valence electrons. The molecule has 6 heteroatoms. The SMILES string of the molecule is C=C1C(=O)O[C@H]2[C@H]1[C@H](OC(=O)/C(C)=C/CO)CC(=C)[C@@H]1CC(=O)[C@@H](C)[C@H]21. The van der Waals surface area contributed by atoms with Crippen LogP contribution in [0, 0.1) is 23.7 Å². The fourth-order valence-corrected chi connectivity index (χ4v) is 4.50. The molecule has 6 atom stereocenters. The summed E-state index contributed by atoms with van der Waals surface area (Å²) in [6.07, 6.45) is 0.930. The third kappa shape index (κ3) is 2.92. The third-order valence-electron chi connectivity index (χ3n) is 5.98. The first-order valence-corrected chi connectivity index (χ1v) is 8.85. The van der Waals surface area contributed by atoms with E-state index >= 15 is 0 Å². The lowest BCUT2D eigenvalue weighted by atomic mass is 9.79. The number of esters is 2. The maximum Gasteiger partial charge on any atom is 0.334 e. The van der Waals surface area contributed by atoms with Crippen LogP contribution in [0.1, 0.15) is 26.7 Å². The van der Waals surface area contributed by atoms with Gasteiger partial charge in [-0.1, -0.05) is 25.7 Å². The average Bonchev–Trinajstić information content (AvgIpc) is 3.00. The summed E-state index contributed by atoms with van der Waals surface area (Å²) in [5, 5.41) is 8.96. The number of carbonyl (C=O) groups excluding carboxylic acids is 3. The quantitative estimate of drug-likeness (QED) is 0.468. The Morgan fingerprint density at radius 2 is 2.04 bits per heavy atom. The molecule has 0 aromatic rings. The Morgan fingerprint density at radius 3 is 2.69 bits per heavy atom. The molecule has 0 amide bonds. The third-order valence-corrected chi connectivity index (χ3v) is 5.98. The predicted octanol–water partition coefficient (Wildman–Crippen LogP) is 1.74. The van der Waals surface area contributed by atoms with Crippen LogP contribution in [0.25, 0.3) is 0 Å². The van der Waals surface area contributed by atoms with Crippen molar-refractivity contribution in [1.82, 2.24) is 0 Å². The molecule has 1 saturated heterocycles. The molecule has 2 saturated carbocycles. The van der Waals surface area contributed by atoms with Gasteiger partial charge in [-0.2, -0.15) is 0 Å². The fraction of sp³-hybridized carbons (Fsp3) is 0.550. The van der Waals surface area contributed by atoms with Crippen LogP contribution < -0.4 is 0 Å². The number of fused-ring (bicyclic) bond motifs is 3. The van der Waals surface area contributed by atoms with Crippen LogP contribution in [0.3, 0.4) is 0 Å². The number of hydrogen-bond acceptors (Lipinski definition) is 6. The molecule has 26 heavy (non-hydrogen) atoms. The predicted molar refractivity (Wildman–Crippen MR) is 92.8 cm³/mol. The molecule has 6 nitrogen and oxygen atoms in total. The van der Waals surface area contributed by atoms with Crippen molar-refractivity contribution in [3.8, 4) is 0 Å². The Hall–Kier alpha value is -2.21. The molecule has 1 heterocycles. The number of Topliss-reactive ketones (excluding diaryl/α,β-unsaturated/α-hetero) is 1. The van der Waals surface area contributed by atoms with Crippen molar-refractivity contribution in [2.24, 2.45) is 23.7 Å². The zero-order valence-corrected chi connectivity index (χ0v) is 15.1. The van der Waals surface area contributed by atoms with Crippen molar-refractivity contribution in [1.29, 1.82) is 0 Å². The van der Waals surface area contributed by atoms with Crippen molar-refractivity contribution in [2.45, 2.75) is 38.9 Å². The number of aliphatic hydroxyl groups excluding tert-OH is 1. The molecule has 3 aliphatic rings. The lowest BCUT2D eigenvalue weighted by Crippen LogP contribution is -2.37. The van der Waals surface area contributed by atoms with Gasteiger partial charge >= 0.3 is 11.9 Å². The molecule has 1 N–H and O–H groups in total. The molecular weight excluding hydrogens is 336 g/mol. The van der Waals surface area contributed by atoms with Crippen LogP contribution in [-0.4, -0.2) is 41.6 Å². The Labute approximate surface area is 152 Å². The summed E-state index contributed by atoms with van der Waals surface area (Å²) >= 11 is 0. The van der Waals surface area contributed by atoms with E-state index in [4.69, 9.17) is 14.6 Å². The van der Waals surface area contributed by atoms with Gasteiger partial charge < -0.3 is 14.6 Å². The van der Waals surface area contributed by atoms with Crippen molar-refractivity contribution in [2.75, 3.05) is 6.61 Å². The van der Waals surface area contributed by atoms with Gasteiger partial charge in [-0.05, 0) is 18.9 Å². The Balaban J connectivity index is 1.95. The summed E-state index contributed by atoms with van der Waals surface area (Å²) < 4.78 is 11.2. The van der Waals surface area contributed by atoms with Crippen LogP contribution >= 0.6 is 0 Å².